The van der Waals surface area contributed by atoms with Crippen LogP contribution >= 0.6 is 0 Å². The SMILES string of the molecule is CC(=O)N[C@@H]1CCCC[C@]12CN(Cc1ccc3c(c1)OCCO3)CCO2. The summed E-state index contributed by atoms with van der Waals surface area (Å²) < 4.78 is 17.6. The van der Waals surface area contributed by atoms with E-state index in [1.54, 1.807) is 6.92 Å². The van der Waals surface area contributed by atoms with Gasteiger partial charge in [0.05, 0.1) is 12.6 Å². The molecule has 6 heteroatoms. The van der Waals surface area contributed by atoms with Crippen molar-refractivity contribution in [2.75, 3.05) is 32.9 Å². The molecule has 6 nitrogen and oxygen atoms in total. The summed E-state index contributed by atoms with van der Waals surface area (Å²) in [5, 5.41) is 3.14. The lowest BCUT2D eigenvalue weighted by atomic mass is 9.78. The maximum absolute atomic E-state index is 11.6. The van der Waals surface area contributed by atoms with E-state index in [0.29, 0.717) is 19.8 Å². The fraction of sp³-hybridized carbons (Fsp3) is 0.650. The molecule has 1 aromatic rings. The van der Waals surface area contributed by atoms with Crippen molar-refractivity contribution in [2.45, 2.75) is 50.8 Å². The van der Waals surface area contributed by atoms with Crippen molar-refractivity contribution in [1.82, 2.24) is 10.2 Å². The van der Waals surface area contributed by atoms with Crippen molar-refractivity contribution in [1.29, 1.82) is 0 Å². The van der Waals surface area contributed by atoms with E-state index >= 15 is 0 Å². The monoisotopic (exact) mass is 360 g/mol. The van der Waals surface area contributed by atoms with Crippen LogP contribution in [-0.4, -0.2) is 55.4 Å². The zero-order chi connectivity index (χ0) is 18.0. The molecule has 0 bridgehead atoms. The van der Waals surface area contributed by atoms with Gasteiger partial charge in [-0.2, -0.15) is 0 Å². The van der Waals surface area contributed by atoms with E-state index in [4.69, 9.17) is 14.2 Å². The van der Waals surface area contributed by atoms with Crippen molar-refractivity contribution in [3.63, 3.8) is 0 Å². The largest absolute Gasteiger partial charge is 0.486 e. The third-order valence-electron chi connectivity index (χ3n) is 5.66. The first-order chi connectivity index (χ1) is 12.6. The highest BCUT2D eigenvalue weighted by molar-refractivity contribution is 5.73. The maximum Gasteiger partial charge on any atom is 0.217 e. The van der Waals surface area contributed by atoms with Crippen molar-refractivity contribution in [3.05, 3.63) is 23.8 Å². The number of ether oxygens (including phenoxy) is 3. The topological polar surface area (TPSA) is 60.0 Å². The molecule has 1 saturated heterocycles. The highest BCUT2D eigenvalue weighted by atomic mass is 16.6. The first-order valence-corrected chi connectivity index (χ1v) is 9.67. The minimum Gasteiger partial charge on any atom is -0.486 e. The second kappa shape index (κ2) is 7.45. The van der Waals surface area contributed by atoms with Crippen LogP contribution in [0.1, 0.15) is 38.2 Å². The van der Waals surface area contributed by atoms with Crippen LogP contribution in [0.2, 0.25) is 0 Å². The molecule has 26 heavy (non-hydrogen) atoms. The van der Waals surface area contributed by atoms with Gasteiger partial charge in [-0.25, -0.2) is 0 Å². The van der Waals surface area contributed by atoms with Crippen molar-refractivity contribution in [2.24, 2.45) is 0 Å². The van der Waals surface area contributed by atoms with Gasteiger partial charge in [0.25, 0.3) is 0 Å². The molecular weight excluding hydrogens is 332 g/mol. The standard InChI is InChI=1S/C20H28N2O4/c1-15(23)21-19-4-2-3-7-20(19)14-22(8-9-26-20)13-16-5-6-17-18(12-16)25-11-10-24-17/h5-6,12,19H,2-4,7-11,13-14H2,1H3,(H,21,23)/t19-,20+/m1/s1. The normalized spacial score (nSPS) is 28.7. The lowest BCUT2D eigenvalue weighted by Crippen LogP contribution is -2.63. The highest BCUT2D eigenvalue weighted by Gasteiger charge is 2.45. The summed E-state index contributed by atoms with van der Waals surface area (Å²) in [6.07, 6.45) is 4.32. The smallest absolute Gasteiger partial charge is 0.217 e. The minimum atomic E-state index is -0.254. The zero-order valence-electron chi connectivity index (χ0n) is 15.5. The Morgan fingerprint density at radius 1 is 1.23 bits per heavy atom. The van der Waals surface area contributed by atoms with E-state index in [1.165, 1.54) is 5.56 Å². The third-order valence-corrected chi connectivity index (χ3v) is 5.66. The summed E-state index contributed by atoms with van der Waals surface area (Å²) in [6.45, 7) is 6.14. The van der Waals surface area contributed by atoms with Gasteiger partial charge in [0.1, 0.15) is 18.8 Å². The first-order valence-electron chi connectivity index (χ1n) is 9.67. The van der Waals surface area contributed by atoms with Gasteiger partial charge in [0, 0.05) is 26.6 Å². The lowest BCUT2D eigenvalue weighted by Gasteiger charge is -2.49. The molecule has 0 unspecified atom stereocenters. The van der Waals surface area contributed by atoms with Crippen LogP contribution in [0.5, 0.6) is 11.5 Å². The van der Waals surface area contributed by atoms with Gasteiger partial charge < -0.3 is 19.5 Å². The molecule has 1 spiro atoms. The van der Waals surface area contributed by atoms with Gasteiger partial charge >= 0.3 is 0 Å². The molecule has 1 aromatic carbocycles. The van der Waals surface area contributed by atoms with Crippen molar-refractivity contribution in [3.8, 4) is 11.5 Å². The van der Waals surface area contributed by atoms with Gasteiger partial charge in [-0.3, -0.25) is 9.69 Å². The molecule has 4 rings (SSSR count). The van der Waals surface area contributed by atoms with Crippen molar-refractivity contribution < 1.29 is 19.0 Å². The Labute approximate surface area is 154 Å². The van der Waals surface area contributed by atoms with Gasteiger partial charge in [-0.05, 0) is 30.5 Å². The van der Waals surface area contributed by atoms with Gasteiger partial charge in [-0.1, -0.05) is 18.9 Å². The van der Waals surface area contributed by atoms with Gasteiger partial charge in [0.2, 0.25) is 5.91 Å². The number of morpholine rings is 1. The number of carbonyl (C=O) groups excluding carboxylic acids is 1. The van der Waals surface area contributed by atoms with Crippen LogP contribution < -0.4 is 14.8 Å². The van der Waals surface area contributed by atoms with Gasteiger partial charge in [0.15, 0.2) is 11.5 Å². The number of hydrogen-bond acceptors (Lipinski definition) is 5. The maximum atomic E-state index is 11.6. The molecule has 3 aliphatic rings. The molecule has 2 atom stereocenters. The fourth-order valence-electron chi connectivity index (χ4n) is 4.48. The Morgan fingerprint density at radius 3 is 2.92 bits per heavy atom. The molecule has 1 aliphatic carbocycles. The number of nitrogens with one attached hydrogen (secondary N) is 1. The summed E-state index contributed by atoms with van der Waals surface area (Å²) >= 11 is 0. The molecular formula is C20H28N2O4. The first kappa shape index (κ1) is 17.6. The number of nitrogens with zero attached hydrogens (tertiary/aromatic N) is 1. The van der Waals surface area contributed by atoms with E-state index in [9.17, 15) is 4.79 Å². The number of amides is 1. The number of benzene rings is 1. The lowest BCUT2D eigenvalue weighted by molar-refractivity contribution is -0.150. The number of rotatable bonds is 3. The summed E-state index contributed by atoms with van der Waals surface area (Å²) in [5.41, 5.74) is 0.967. The summed E-state index contributed by atoms with van der Waals surface area (Å²) in [5.74, 6) is 1.70. The van der Waals surface area contributed by atoms with E-state index < -0.39 is 0 Å². The van der Waals surface area contributed by atoms with E-state index in [1.807, 2.05) is 6.07 Å². The summed E-state index contributed by atoms with van der Waals surface area (Å²) in [4.78, 5) is 14.1. The highest BCUT2D eigenvalue weighted by Crippen LogP contribution is 2.36. The van der Waals surface area contributed by atoms with E-state index in [-0.39, 0.29) is 17.6 Å². The van der Waals surface area contributed by atoms with E-state index in [0.717, 1.165) is 56.8 Å². The molecule has 142 valence electrons. The Bertz CT molecular complexity index is 661. The Kier molecular flexibility index (Phi) is 5.05. The number of fused-ring (bicyclic) bond motifs is 1. The Hall–Kier alpha value is -1.79. The Balaban J connectivity index is 1.47. The zero-order valence-corrected chi connectivity index (χ0v) is 15.5. The molecule has 1 N–H and O–H groups in total. The Morgan fingerprint density at radius 2 is 2.08 bits per heavy atom. The molecule has 2 heterocycles. The minimum absolute atomic E-state index is 0.0313. The van der Waals surface area contributed by atoms with Gasteiger partial charge in [-0.15, -0.1) is 0 Å². The third kappa shape index (κ3) is 3.67. The number of carbonyl (C=O) groups is 1. The second-order valence-corrected chi connectivity index (χ2v) is 7.60. The molecule has 1 saturated carbocycles. The fourth-order valence-corrected chi connectivity index (χ4v) is 4.48. The molecule has 2 aliphatic heterocycles. The van der Waals surface area contributed by atoms with Crippen LogP contribution in [0.25, 0.3) is 0 Å². The molecule has 1 amide bonds. The predicted molar refractivity (Wildman–Crippen MR) is 97.5 cm³/mol. The van der Waals surface area contributed by atoms with E-state index in [2.05, 4.69) is 22.3 Å². The van der Waals surface area contributed by atoms with Crippen molar-refractivity contribution >= 4 is 5.91 Å². The van der Waals surface area contributed by atoms with Crippen LogP contribution in [-0.2, 0) is 16.1 Å². The second-order valence-electron chi connectivity index (χ2n) is 7.60. The molecule has 0 radical (unpaired) electrons. The average molecular weight is 360 g/mol. The van der Waals surface area contributed by atoms with Crippen LogP contribution in [0.3, 0.4) is 0 Å². The van der Waals surface area contributed by atoms with Crippen LogP contribution in [0.4, 0.5) is 0 Å². The summed E-state index contributed by atoms with van der Waals surface area (Å²) in [7, 11) is 0. The predicted octanol–water partition coefficient (Wildman–Crippen LogP) is 2.11. The quantitative estimate of drug-likeness (QED) is 0.895. The van der Waals surface area contributed by atoms with Crippen LogP contribution in [0, 0.1) is 0 Å². The average Bonchev–Trinajstić information content (AvgIpc) is 2.64. The number of hydrogen-bond donors (Lipinski definition) is 1. The molecule has 2 fully saturated rings. The molecule has 0 aromatic heterocycles. The summed E-state index contributed by atoms with van der Waals surface area (Å²) in [6, 6.07) is 6.31. The van der Waals surface area contributed by atoms with Crippen LogP contribution in [0.15, 0.2) is 18.2 Å².